The molecule has 0 radical (unpaired) electrons. The quantitative estimate of drug-likeness (QED) is 0.709. The van der Waals surface area contributed by atoms with Crippen LogP contribution >= 0.6 is 0 Å². The molecule has 1 saturated heterocycles. The van der Waals surface area contributed by atoms with Crippen molar-refractivity contribution in [3.8, 4) is 5.75 Å². The minimum atomic E-state index is -3.49. The van der Waals surface area contributed by atoms with E-state index in [-0.39, 0.29) is 10.8 Å². The largest absolute Gasteiger partial charge is 0.497 e. The van der Waals surface area contributed by atoms with Gasteiger partial charge in [-0.1, -0.05) is 24.3 Å². The minimum absolute atomic E-state index is 0.0502. The fourth-order valence-corrected chi connectivity index (χ4v) is 4.46. The van der Waals surface area contributed by atoms with Crippen LogP contribution in [0.5, 0.6) is 5.75 Å². The molecule has 7 nitrogen and oxygen atoms in total. The van der Waals surface area contributed by atoms with E-state index in [0.29, 0.717) is 45.7 Å². The van der Waals surface area contributed by atoms with E-state index in [9.17, 15) is 13.2 Å². The van der Waals surface area contributed by atoms with Crippen LogP contribution in [0, 0.1) is 0 Å². The van der Waals surface area contributed by atoms with Gasteiger partial charge in [0.25, 0.3) is 0 Å². The third-order valence-corrected chi connectivity index (χ3v) is 6.73. The number of nitrogens with zero attached hydrogens (tertiary/aromatic N) is 1. The SMILES string of the molecule is COc1ccc(CNC(=O)CCc2ccc(S(=O)(=O)N3CCOCC3)cc2)cc1. The molecule has 156 valence electrons. The van der Waals surface area contributed by atoms with Crippen molar-refractivity contribution in [3.63, 3.8) is 0 Å². The first-order valence-electron chi connectivity index (χ1n) is 9.55. The Hall–Kier alpha value is -2.42. The molecule has 0 saturated carbocycles. The Morgan fingerprint density at radius 1 is 1.03 bits per heavy atom. The summed E-state index contributed by atoms with van der Waals surface area (Å²) in [6.45, 7) is 2.04. The first-order chi connectivity index (χ1) is 14.0. The van der Waals surface area contributed by atoms with Gasteiger partial charge in [0.05, 0.1) is 25.2 Å². The summed E-state index contributed by atoms with van der Waals surface area (Å²) in [5.74, 6) is 0.727. The number of hydrogen-bond acceptors (Lipinski definition) is 5. The van der Waals surface area contributed by atoms with Crippen LogP contribution in [0.1, 0.15) is 17.5 Å². The maximum Gasteiger partial charge on any atom is 0.243 e. The van der Waals surface area contributed by atoms with Crippen LogP contribution in [0.25, 0.3) is 0 Å². The molecule has 0 aromatic heterocycles. The van der Waals surface area contributed by atoms with Gasteiger partial charge in [0.1, 0.15) is 5.75 Å². The number of sulfonamides is 1. The molecule has 0 bridgehead atoms. The maximum atomic E-state index is 12.6. The van der Waals surface area contributed by atoms with Gasteiger partial charge >= 0.3 is 0 Å². The van der Waals surface area contributed by atoms with Gasteiger partial charge in [-0.25, -0.2) is 8.42 Å². The van der Waals surface area contributed by atoms with Crippen molar-refractivity contribution in [2.45, 2.75) is 24.3 Å². The molecule has 3 rings (SSSR count). The van der Waals surface area contributed by atoms with Crippen LogP contribution < -0.4 is 10.1 Å². The van der Waals surface area contributed by atoms with Crippen molar-refractivity contribution in [2.24, 2.45) is 0 Å². The van der Waals surface area contributed by atoms with Crippen molar-refractivity contribution in [1.82, 2.24) is 9.62 Å². The molecule has 0 unspecified atom stereocenters. The zero-order valence-corrected chi connectivity index (χ0v) is 17.3. The molecule has 0 atom stereocenters. The summed E-state index contributed by atoms with van der Waals surface area (Å²) in [7, 11) is -1.88. The van der Waals surface area contributed by atoms with Crippen molar-refractivity contribution < 1.29 is 22.7 Å². The lowest BCUT2D eigenvalue weighted by Gasteiger charge is -2.26. The molecule has 1 fully saturated rings. The number of nitrogens with one attached hydrogen (secondary N) is 1. The minimum Gasteiger partial charge on any atom is -0.497 e. The van der Waals surface area contributed by atoms with Gasteiger partial charge in [-0.2, -0.15) is 4.31 Å². The average Bonchev–Trinajstić information content (AvgIpc) is 2.77. The molecule has 0 aliphatic carbocycles. The van der Waals surface area contributed by atoms with Crippen LogP contribution in [-0.4, -0.2) is 52.0 Å². The summed E-state index contributed by atoms with van der Waals surface area (Å²) < 4.78 is 37.0. The van der Waals surface area contributed by atoms with Crippen molar-refractivity contribution in [3.05, 3.63) is 59.7 Å². The predicted octanol–water partition coefficient (Wildman–Crippen LogP) is 1.97. The van der Waals surface area contributed by atoms with E-state index in [4.69, 9.17) is 9.47 Å². The van der Waals surface area contributed by atoms with Gasteiger partial charge in [-0.05, 0) is 41.8 Å². The molecule has 8 heteroatoms. The van der Waals surface area contributed by atoms with Gasteiger partial charge in [0.15, 0.2) is 0 Å². The highest BCUT2D eigenvalue weighted by Gasteiger charge is 2.26. The van der Waals surface area contributed by atoms with E-state index in [1.54, 1.807) is 31.4 Å². The number of benzene rings is 2. The molecular formula is C21H26N2O5S. The standard InChI is InChI=1S/C21H26N2O5S/c1-27-19-7-2-18(3-8-19)16-22-21(24)11-6-17-4-9-20(10-5-17)29(25,26)23-12-14-28-15-13-23/h2-5,7-10H,6,11-16H2,1H3,(H,22,24). The lowest BCUT2D eigenvalue weighted by molar-refractivity contribution is -0.121. The van der Waals surface area contributed by atoms with E-state index in [1.807, 2.05) is 24.3 Å². The number of amides is 1. The summed E-state index contributed by atoms with van der Waals surface area (Å²) in [6, 6.07) is 14.3. The fourth-order valence-electron chi connectivity index (χ4n) is 3.05. The first kappa shape index (κ1) is 21.3. The second-order valence-electron chi connectivity index (χ2n) is 6.79. The lowest BCUT2D eigenvalue weighted by Crippen LogP contribution is -2.40. The topological polar surface area (TPSA) is 84.9 Å². The van der Waals surface area contributed by atoms with Gasteiger partial charge in [0, 0.05) is 26.1 Å². The number of ether oxygens (including phenoxy) is 2. The fraction of sp³-hybridized carbons (Fsp3) is 0.381. The highest BCUT2D eigenvalue weighted by atomic mass is 32.2. The van der Waals surface area contributed by atoms with Crippen LogP contribution in [0.4, 0.5) is 0 Å². The normalized spacial score (nSPS) is 15.1. The Bertz CT molecular complexity index is 905. The molecule has 1 aliphatic rings. The van der Waals surface area contributed by atoms with Gasteiger partial charge < -0.3 is 14.8 Å². The molecule has 1 N–H and O–H groups in total. The number of rotatable bonds is 8. The zero-order valence-electron chi connectivity index (χ0n) is 16.5. The highest BCUT2D eigenvalue weighted by Crippen LogP contribution is 2.18. The molecule has 29 heavy (non-hydrogen) atoms. The van der Waals surface area contributed by atoms with Gasteiger partial charge in [-0.3, -0.25) is 4.79 Å². The lowest BCUT2D eigenvalue weighted by atomic mass is 10.1. The monoisotopic (exact) mass is 418 g/mol. The van der Waals surface area contributed by atoms with E-state index < -0.39 is 10.0 Å². The van der Waals surface area contributed by atoms with Crippen LogP contribution in [0.15, 0.2) is 53.4 Å². The highest BCUT2D eigenvalue weighted by molar-refractivity contribution is 7.89. The van der Waals surface area contributed by atoms with Crippen LogP contribution in [-0.2, 0) is 32.5 Å². The number of carbonyl (C=O) groups excluding carboxylic acids is 1. The third-order valence-electron chi connectivity index (χ3n) is 4.82. The Balaban J connectivity index is 1.48. The van der Waals surface area contributed by atoms with E-state index in [2.05, 4.69) is 5.32 Å². The van der Waals surface area contributed by atoms with E-state index in [1.165, 1.54) is 4.31 Å². The number of carbonyl (C=O) groups is 1. The van der Waals surface area contributed by atoms with E-state index >= 15 is 0 Å². The molecule has 2 aromatic carbocycles. The molecule has 1 heterocycles. The molecule has 0 spiro atoms. The zero-order chi connectivity index (χ0) is 20.7. The van der Waals surface area contributed by atoms with Crippen molar-refractivity contribution in [2.75, 3.05) is 33.4 Å². The Labute approximate surface area is 171 Å². The molecule has 1 aliphatic heterocycles. The van der Waals surface area contributed by atoms with Gasteiger partial charge in [-0.15, -0.1) is 0 Å². The van der Waals surface area contributed by atoms with E-state index in [0.717, 1.165) is 16.9 Å². The van der Waals surface area contributed by atoms with Crippen LogP contribution in [0.2, 0.25) is 0 Å². The van der Waals surface area contributed by atoms with Gasteiger partial charge in [0.2, 0.25) is 15.9 Å². The molecule has 2 aromatic rings. The average molecular weight is 419 g/mol. The second-order valence-corrected chi connectivity index (χ2v) is 8.72. The molecular weight excluding hydrogens is 392 g/mol. The summed E-state index contributed by atoms with van der Waals surface area (Å²) >= 11 is 0. The number of methoxy groups -OCH3 is 1. The van der Waals surface area contributed by atoms with Crippen molar-refractivity contribution in [1.29, 1.82) is 0 Å². The smallest absolute Gasteiger partial charge is 0.243 e. The third kappa shape index (κ3) is 5.79. The Morgan fingerprint density at radius 3 is 2.28 bits per heavy atom. The summed E-state index contributed by atoms with van der Waals surface area (Å²) in [5, 5.41) is 2.89. The second kappa shape index (κ2) is 9.87. The number of aryl methyl sites for hydroxylation is 1. The van der Waals surface area contributed by atoms with Crippen LogP contribution in [0.3, 0.4) is 0 Å². The van der Waals surface area contributed by atoms with Crippen molar-refractivity contribution >= 4 is 15.9 Å². The summed E-state index contributed by atoms with van der Waals surface area (Å²) in [6.07, 6.45) is 0.887. The summed E-state index contributed by atoms with van der Waals surface area (Å²) in [5.41, 5.74) is 1.92. The molecule has 1 amide bonds. The maximum absolute atomic E-state index is 12.6. The predicted molar refractivity (Wildman–Crippen MR) is 109 cm³/mol. The first-order valence-corrected chi connectivity index (χ1v) is 11.0. The Morgan fingerprint density at radius 2 is 1.66 bits per heavy atom. The summed E-state index contributed by atoms with van der Waals surface area (Å²) in [4.78, 5) is 12.4. The number of morpholine rings is 1. The Kier molecular flexibility index (Phi) is 7.24. The number of hydrogen-bond donors (Lipinski definition) is 1.